The van der Waals surface area contributed by atoms with E-state index in [1.54, 1.807) is 16.9 Å². The fourth-order valence-electron chi connectivity index (χ4n) is 1.78. The van der Waals surface area contributed by atoms with Crippen LogP contribution >= 0.6 is 0 Å². The molecule has 90 valence electrons. The molecule has 1 aliphatic rings. The zero-order valence-electron chi connectivity index (χ0n) is 9.37. The largest absolute Gasteiger partial charge is 0.474 e. The van der Waals surface area contributed by atoms with Gasteiger partial charge < -0.3 is 14.8 Å². The van der Waals surface area contributed by atoms with E-state index < -0.39 is 0 Å². The van der Waals surface area contributed by atoms with Crippen molar-refractivity contribution in [2.75, 3.05) is 26.3 Å². The number of hydrogen-bond donors (Lipinski definition) is 1. The summed E-state index contributed by atoms with van der Waals surface area (Å²) in [6.45, 7) is 2.98. The minimum absolute atomic E-state index is 0.0986. The van der Waals surface area contributed by atoms with Gasteiger partial charge >= 0.3 is 0 Å². The van der Waals surface area contributed by atoms with Crippen molar-refractivity contribution >= 4 is 5.65 Å². The van der Waals surface area contributed by atoms with E-state index in [0.717, 1.165) is 25.3 Å². The minimum Gasteiger partial charge on any atom is -0.474 e. The molecule has 1 aliphatic heterocycles. The second kappa shape index (κ2) is 4.68. The first-order chi connectivity index (χ1) is 8.42. The molecule has 0 amide bonds. The molecule has 1 N–H and O–H groups in total. The summed E-state index contributed by atoms with van der Waals surface area (Å²) in [5.41, 5.74) is 0.783. The van der Waals surface area contributed by atoms with Gasteiger partial charge in [0.15, 0.2) is 5.65 Å². The maximum absolute atomic E-state index is 5.59. The first-order valence-corrected chi connectivity index (χ1v) is 5.67. The summed E-state index contributed by atoms with van der Waals surface area (Å²) in [4.78, 5) is 4.30. The molecule has 0 radical (unpaired) electrons. The lowest BCUT2D eigenvalue weighted by atomic mass is 10.3. The molecule has 0 saturated carbocycles. The highest BCUT2D eigenvalue weighted by Crippen LogP contribution is 2.10. The van der Waals surface area contributed by atoms with Gasteiger partial charge in [-0.25, -0.2) is 4.52 Å². The number of fused-ring (bicyclic) bond motifs is 1. The average molecular weight is 234 g/mol. The van der Waals surface area contributed by atoms with Crippen LogP contribution in [0.25, 0.3) is 5.65 Å². The van der Waals surface area contributed by atoms with Crippen molar-refractivity contribution in [3.63, 3.8) is 0 Å². The van der Waals surface area contributed by atoms with Gasteiger partial charge in [-0.15, -0.1) is 0 Å². The highest BCUT2D eigenvalue weighted by molar-refractivity contribution is 5.39. The lowest BCUT2D eigenvalue weighted by molar-refractivity contribution is -0.000639. The highest BCUT2D eigenvalue weighted by atomic mass is 16.5. The number of nitrogens with zero attached hydrogens (tertiary/aromatic N) is 3. The van der Waals surface area contributed by atoms with Crippen LogP contribution in [0, 0.1) is 0 Å². The van der Waals surface area contributed by atoms with Gasteiger partial charge in [0.2, 0.25) is 5.88 Å². The molecule has 1 fully saturated rings. The molecule has 3 rings (SSSR count). The molecule has 0 aromatic carbocycles. The minimum atomic E-state index is 0.0986. The molecule has 2 aromatic heterocycles. The average Bonchev–Trinajstić information content (AvgIpc) is 2.80. The number of ether oxygens (including phenoxy) is 2. The molecule has 6 nitrogen and oxygen atoms in total. The smallest absolute Gasteiger partial charge is 0.234 e. The van der Waals surface area contributed by atoms with Gasteiger partial charge in [0, 0.05) is 19.3 Å². The van der Waals surface area contributed by atoms with Crippen molar-refractivity contribution in [1.82, 2.24) is 19.9 Å². The monoisotopic (exact) mass is 234 g/mol. The molecule has 0 aliphatic carbocycles. The Hall–Kier alpha value is -1.66. The van der Waals surface area contributed by atoms with Crippen LogP contribution in [0.3, 0.4) is 0 Å². The van der Waals surface area contributed by atoms with Crippen LogP contribution < -0.4 is 10.1 Å². The summed E-state index contributed by atoms with van der Waals surface area (Å²) in [7, 11) is 0. The lowest BCUT2D eigenvalue weighted by Crippen LogP contribution is -2.41. The van der Waals surface area contributed by atoms with Crippen LogP contribution in [0.2, 0.25) is 0 Å². The van der Waals surface area contributed by atoms with E-state index in [9.17, 15) is 0 Å². The Morgan fingerprint density at radius 3 is 3.41 bits per heavy atom. The molecule has 6 heteroatoms. The van der Waals surface area contributed by atoms with Crippen molar-refractivity contribution < 1.29 is 9.47 Å². The van der Waals surface area contributed by atoms with Crippen molar-refractivity contribution in [2.45, 2.75) is 6.10 Å². The van der Waals surface area contributed by atoms with Crippen LogP contribution in [0.4, 0.5) is 0 Å². The SMILES string of the molecule is c1cnn2cc(OC[C@@H]3CNCCO3)nc2c1. The fraction of sp³-hybridized carbons (Fsp3) is 0.455. The van der Waals surface area contributed by atoms with Gasteiger partial charge in [-0.05, 0) is 12.1 Å². The molecule has 1 atom stereocenters. The van der Waals surface area contributed by atoms with Gasteiger partial charge in [0.05, 0.1) is 12.8 Å². The molecule has 0 unspecified atom stereocenters. The second-order valence-electron chi connectivity index (χ2n) is 3.91. The van der Waals surface area contributed by atoms with Gasteiger partial charge in [-0.1, -0.05) is 0 Å². The van der Waals surface area contributed by atoms with Gasteiger partial charge in [-0.2, -0.15) is 10.1 Å². The van der Waals surface area contributed by atoms with Crippen molar-refractivity contribution in [3.8, 4) is 5.88 Å². The Labute approximate surface area is 98.6 Å². The number of imidazole rings is 1. The standard InChI is InChI=1S/C11H14N4O2/c1-2-10-14-11(7-15(10)13-3-1)17-8-9-6-12-4-5-16-9/h1-3,7,9,12H,4-6,8H2/t9-/m0/s1. The molecular weight excluding hydrogens is 220 g/mol. The fourth-order valence-corrected chi connectivity index (χ4v) is 1.78. The zero-order valence-corrected chi connectivity index (χ0v) is 9.37. The van der Waals surface area contributed by atoms with E-state index in [2.05, 4.69) is 15.4 Å². The van der Waals surface area contributed by atoms with Gasteiger partial charge in [0.25, 0.3) is 0 Å². The molecule has 0 spiro atoms. The van der Waals surface area contributed by atoms with Crippen LogP contribution in [0.1, 0.15) is 0 Å². The summed E-state index contributed by atoms with van der Waals surface area (Å²) in [6.07, 6.45) is 3.58. The first-order valence-electron chi connectivity index (χ1n) is 5.67. The summed E-state index contributed by atoms with van der Waals surface area (Å²) < 4.78 is 12.8. The number of rotatable bonds is 3. The molecule has 2 aromatic rings. The predicted molar refractivity (Wildman–Crippen MR) is 61.1 cm³/mol. The van der Waals surface area contributed by atoms with Crippen LogP contribution in [0.15, 0.2) is 24.5 Å². The number of nitrogens with one attached hydrogen (secondary N) is 1. The van der Waals surface area contributed by atoms with E-state index in [1.807, 2.05) is 12.1 Å². The topological polar surface area (TPSA) is 60.7 Å². The maximum Gasteiger partial charge on any atom is 0.234 e. The molecule has 1 saturated heterocycles. The Morgan fingerprint density at radius 2 is 2.59 bits per heavy atom. The van der Waals surface area contributed by atoms with E-state index in [1.165, 1.54) is 0 Å². The normalized spacial score (nSPS) is 20.6. The van der Waals surface area contributed by atoms with E-state index >= 15 is 0 Å². The molecular formula is C11H14N4O2. The Kier molecular flexibility index (Phi) is 2.89. The Balaban J connectivity index is 1.64. The number of morpholine rings is 1. The predicted octanol–water partition coefficient (Wildman–Crippen LogP) is 0.0965. The van der Waals surface area contributed by atoms with Crippen molar-refractivity contribution in [1.29, 1.82) is 0 Å². The number of aromatic nitrogens is 3. The summed E-state index contributed by atoms with van der Waals surface area (Å²) in [5.74, 6) is 0.581. The third-order valence-corrected chi connectivity index (χ3v) is 2.64. The molecule has 0 bridgehead atoms. The molecule has 3 heterocycles. The number of hydrogen-bond acceptors (Lipinski definition) is 5. The van der Waals surface area contributed by atoms with E-state index in [-0.39, 0.29) is 6.10 Å². The molecule has 17 heavy (non-hydrogen) atoms. The van der Waals surface area contributed by atoms with Crippen LogP contribution in [-0.4, -0.2) is 47.0 Å². The van der Waals surface area contributed by atoms with Gasteiger partial charge in [-0.3, -0.25) is 0 Å². The summed E-state index contributed by atoms with van der Waals surface area (Å²) >= 11 is 0. The highest BCUT2D eigenvalue weighted by Gasteiger charge is 2.14. The third kappa shape index (κ3) is 2.37. The quantitative estimate of drug-likeness (QED) is 0.816. The zero-order chi connectivity index (χ0) is 11.5. The van der Waals surface area contributed by atoms with Crippen LogP contribution in [0.5, 0.6) is 5.88 Å². The van der Waals surface area contributed by atoms with Crippen molar-refractivity contribution in [3.05, 3.63) is 24.5 Å². The maximum atomic E-state index is 5.59. The Bertz CT molecular complexity index is 460. The van der Waals surface area contributed by atoms with E-state index in [4.69, 9.17) is 9.47 Å². The lowest BCUT2D eigenvalue weighted by Gasteiger charge is -2.22. The second-order valence-corrected chi connectivity index (χ2v) is 3.91. The first kappa shape index (κ1) is 10.5. The van der Waals surface area contributed by atoms with Crippen molar-refractivity contribution in [2.24, 2.45) is 0 Å². The Morgan fingerprint density at radius 1 is 1.59 bits per heavy atom. The third-order valence-electron chi connectivity index (χ3n) is 2.64. The van der Waals surface area contributed by atoms with Crippen LogP contribution in [-0.2, 0) is 4.74 Å². The summed E-state index contributed by atoms with van der Waals surface area (Å²) in [6, 6.07) is 3.73. The van der Waals surface area contributed by atoms with Gasteiger partial charge in [0.1, 0.15) is 12.7 Å². The summed E-state index contributed by atoms with van der Waals surface area (Å²) in [5, 5.41) is 7.38. The van der Waals surface area contributed by atoms with E-state index in [0.29, 0.717) is 12.5 Å².